The normalized spacial score (nSPS) is 14.0. The zero-order valence-corrected chi connectivity index (χ0v) is 15.9. The summed E-state index contributed by atoms with van der Waals surface area (Å²) in [4.78, 5) is 25.7. The summed E-state index contributed by atoms with van der Waals surface area (Å²) in [5.74, 6) is 1.66. The Balaban J connectivity index is 1.42. The second-order valence-electron chi connectivity index (χ2n) is 6.79. The van der Waals surface area contributed by atoms with Gasteiger partial charge in [-0.05, 0) is 19.1 Å². The Kier molecular flexibility index (Phi) is 5.19. The highest BCUT2D eigenvalue weighted by molar-refractivity contribution is 5.89. The summed E-state index contributed by atoms with van der Waals surface area (Å²) in [6.45, 7) is 4.71. The maximum Gasteiger partial charge on any atom is 0.321 e. The Morgan fingerprint density at radius 2 is 1.54 bits per heavy atom. The number of rotatable bonds is 3. The standard InChI is InChI=1S/C22H23N5O/c1-17-23-20(18-8-4-2-5-9-18)16-21(24-17)26-12-14-27(15-13-26)22(28)25-19-10-6-3-7-11-19/h2-11,16H,12-15H2,1H3,(H,25,28). The van der Waals surface area contributed by atoms with Crippen molar-refractivity contribution in [1.29, 1.82) is 0 Å². The molecule has 4 rings (SSSR count). The number of aryl methyl sites for hydroxylation is 1. The molecule has 1 aliphatic heterocycles. The third kappa shape index (κ3) is 4.11. The minimum Gasteiger partial charge on any atom is -0.353 e. The second-order valence-corrected chi connectivity index (χ2v) is 6.79. The zero-order chi connectivity index (χ0) is 19.3. The van der Waals surface area contributed by atoms with Gasteiger partial charge in [0, 0.05) is 43.5 Å². The minimum atomic E-state index is -0.0605. The van der Waals surface area contributed by atoms with E-state index in [0.29, 0.717) is 13.1 Å². The lowest BCUT2D eigenvalue weighted by atomic mass is 10.1. The molecule has 1 aromatic heterocycles. The number of nitrogens with one attached hydrogen (secondary N) is 1. The molecule has 0 atom stereocenters. The van der Waals surface area contributed by atoms with E-state index in [1.54, 1.807) is 0 Å². The van der Waals surface area contributed by atoms with Gasteiger partial charge in [-0.25, -0.2) is 14.8 Å². The van der Waals surface area contributed by atoms with Gasteiger partial charge < -0.3 is 15.1 Å². The summed E-state index contributed by atoms with van der Waals surface area (Å²) in [6.07, 6.45) is 0. The summed E-state index contributed by atoms with van der Waals surface area (Å²) in [5.41, 5.74) is 2.82. The third-order valence-electron chi connectivity index (χ3n) is 4.81. The molecule has 0 spiro atoms. The highest BCUT2D eigenvalue weighted by Gasteiger charge is 2.22. The minimum absolute atomic E-state index is 0.0605. The number of piperazine rings is 1. The fourth-order valence-corrected chi connectivity index (χ4v) is 3.33. The molecule has 0 aliphatic carbocycles. The SMILES string of the molecule is Cc1nc(-c2ccccc2)cc(N2CCN(C(=O)Nc3ccccc3)CC2)n1. The van der Waals surface area contributed by atoms with Crippen molar-refractivity contribution in [3.05, 3.63) is 72.6 Å². The van der Waals surface area contributed by atoms with E-state index in [2.05, 4.69) is 32.3 Å². The topological polar surface area (TPSA) is 61.4 Å². The zero-order valence-electron chi connectivity index (χ0n) is 15.9. The number of carbonyl (C=O) groups excluding carboxylic acids is 1. The highest BCUT2D eigenvalue weighted by atomic mass is 16.2. The van der Waals surface area contributed by atoms with Gasteiger partial charge >= 0.3 is 6.03 Å². The molecule has 1 saturated heterocycles. The first kappa shape index (κ1) is 18.0. The Bertz CT molecular complexity index is 938. The first-order valence-corrected chi connectivity index (χ1v) is 9.46. The molecule has 0 saturated carbocycles. The van der Waals surface area contributed by atoms with Crippen LogP contribution in [0.4, 0.5) is 16.3 Å². The van der Waals surface area contributed by atoms with Crippen LogP contribution in [0.2, 0.25) is 0 Å². The molecule has 2 aromatic carbocycles. The Hall–Kier alpha value is -3.41. The van der Waals surface area contributed by atoms with Gasteiger partial charge in [-0.1, -0.05) is 48.5 Å². The van der Waals surface area contributed by atoms with Crippen LogP contribution in [0.25, 0.3) is 11.3 Å². The van der Waals surface area contributed by atoms with Gasteiger partial charge in [0.15, 0.2) is 0 Å². The summed E-state index contributed by atoms with van der Waals surface area (Å²) in [7, 11) is 0. The number of amides is 2. The van der Waals surface area contributed by atoms with Crippen molar-refractivity contribution in [2.24, 2.45) is 0 Å². The van der Waals surface area contributed by atoms with E-state index < -0.39 is 0 Å². The molecule has 1 fully saturated rings. The fourth-order valence-electron chi connectivity index (χ4n) is 3.33. The lowest BCUT2D eigenvalue weighted by Gasteiger charge is -2.35. The average molecular weight is 373 g/mol. The molecule has 0 radical (unpaired) electrons. The Morgan fingerprint density at radius 3 is 2.21 bits per heavy atom. The lowest BCUT2D eigenvalue weighted by molar-refractivity contribution is 0.208. The molecule has 3 aromatic rings. The molecule has 6 nitrogen and oxygen atoms in total. The summed E-state index contributed by atoms with van der Waals surface area (Å²) < 4.78 is 0. The number of hydrogen-bond acceptors (Lipinski definition) is 4. The van der Waals surface area contributed by atoms with Crippen molar-refractivity contribution >= 4 is 17.5 Å². The Morgan fingerprint density at radius 1 is 0.893 bits per heavy atom. The second kappa shape index (κ2) is 8.08. The van der Waals surface area contributed by atoms with Crippen LogP contribution >= 0.6 is 0 Å². The molecule has 142 valence electrons. The van der Waals surface area contributed by atoms with Gasteiger partial charge in [0.25, 0.3) is 0 Å². The van der Waals surface area contributed by atoms with E-state index in [9.17, 15) is 4.79 Å². The summed E-state index contributed by atoms with van der Waals surface area (Å²) >= 11 is 0. The molecule has 1 aliphatic rings. The van der Waals surface area contributed by atoms with E-state index in [-0.39, 0.29) is 6.03 Å². The van der Waals surface area contributed by atoms with Crippen molar-refractivity contribution in [3.8, 4) is 11.3 Å². The third-order valence-corrected chi connectivity index (χ3v) is 4.81. The number of benzene rings is 2. The van der Waals surface area contributed by atoms with E-state index in [1.165, 1.54) is 0 Å². The van der Waals surface area contributed by atoms with Crippen LogP contribution in [0.3, 0.4) is 0 Å². The highest BCUT2D eigenvalue weighted by Crippen LogP contribution is 2.22. The van der Waals surface area contributed by atoms with Crippen LogP contribution in [-0.4, -0.2) is 47.1 Å². The van der Waals surface area contributed by atoms with Crippen LogP contribution in [0, 0.1) is 6.92 Å². The molecule has 2 heterocycles. The van der Waals surface area contributed by atoms with Crippen molar-refractivity contribution in [2.45, 2.75) is 6.92 Å². The predicted octanol–water partition coefficient (Wildman–Crippen LogP) is 3.81. The number of aromatic nitrogens is 2. The molecule has 6 heteroatoms. The van der Waals surface area contributed by atoms with Crippen LogP contribution in [-0.2, 0) is 0 Å². The maximum atomic E-state index is 12.5. The maximum absolute atomic E-state index is 12.5. The van der Waals surface area contributed by atoms with E-state index in [4.69, 9.17) is 0 Å². The monoisotopic (exact) mass is 373 g/mol. The molecule has 0 unspecified atom stereocenters. The molecule has 2 amide bonds. The quantitative estimate of drug-likeness (QED) is 0.758. The van der Waals surface area contributed by atoms with Crippen molar-refractivity contribution in [1.82, 2.24) is 14.9 Å². The first-order chi connectivity index (χ1) is 13.7. The number of para-hydroxylation sites is 1. The van der Waals surface area contributed by atoms with Gasteiger partial charge in [0.1, 0.15) is 11.6 Å². The lowest BCUT2D eigenvalue weighted by Crippen LogP contribution is -2.50. The van der Waals surface area contributed by atoms with E-state index in [0.717, 1.165) is 41.7 Å². The largest absolute Gasteiger partial charge is 0.353 e. The van der Waals surface area contributed by atoms with Crippen molar-refractivity contribution < 1.29 is 4.79 Å². The smallest absolute Gasteiger partial charge is 0.321 e. The molecular formula is C22H23N5O. The predicted molar refractivity (Wildman–Crippen MR) is 111 cm³/mol. The van der Waals surface area contributed by atoms with Gasteiger partial charge in [0.05, 0.1) is 5.69 Å². The molecule has 0 bridgehead atoms. The summed E-state index contributed by atoms with van der Waals surface area (Å²) in [6, 6.07) is 21.6. The van der Waals surface area contributed by atoms with Crippen LogP contribution in [0.1, 0.15) is 5.82 Å². The number of carbonyl (C=O) groups is 1. The van der Waals surface area contributed by atoms with Crippen LogP contribution in [0.5, 0.6) is 0 Å². The molecule has 1 N–H and O–H groups in total. The van der Waals surface area contributed by atoms with E-state index >= 15 is 0 Å². The van der Waals surface area contributed by atoms with Gasteiger partial charge in [0.2, 0.25) is 0 Å². The number of anilines is 2. The van der Waals surface area contributed by atoms with Crippen molar-refractivity contribution in [3.63, 3.8) is 0 Å². The number of urea groups is 1. The molecule has 28 heavy (non-hydrogen) atoms. The van der Waals surface area contributed by atoms with Crippen molar-refractivity contribution in [2.75, 3.05) is 36.4 Å². The van der Waals surface area contributed by atoms with Crippen LogP contribution in [0.15, 0.2) is 66.7 Å². The van der Waals surface area contributed by atoms with Gasteiger partial charge in [-0.15, -0.1) is 0 Å². The first-order valence-electron chi connectivity index (χ1n) is 9.46. The Labute approximate surface area is 164 Å². The van der Waals surface area contributed by atoms with E-state index in [1.807, 2.05) is 66.4 Å². The average Bonchev–Trinajstić information content (AvgIpc) is 2.75. The van der Waals surface area contributed by atoms with Gasteiger partial charge in [-0.3, -0.25) is 0 Å². The number of hydrogen-bond donors (Lipinski definition) is 1. The summed E-state index contributed by atoms with van der Waals surface area (Å²) in [5, 5.41) is 2.95. The van der Waals surface area contributed by atoms with Crippen LogP contribution < -0.4 is 10.2 Å². The fraction of sp³-hybridized carbons (Fsp3) is 0.227. The molecular weight excluding hydrogens is 350 g/mol. The number of nitrogens with zero attached hydrogens (tertiary/aromatic N) is 4. The van der Waals surface area contributed by atoms with Gasteiger partial charge in [-0.2, -0.15) is 0 Å².